The number of esters is 1. The molecule has 41 heavy (non-hydrogen) atoms. The van der Waals surface area contributed by atoms with Crippen LogP contribution in [0.3, 0.4) is 0 Å². The molecule has 0 spiro atoms. The number of ether oxygens (including phenoxy) is 4. The van der Waals surface area contributed by atoms with Gasteiger partial charge in [0, 0.05) is 11.1 Å². The summed E-state index contributed by atoms with van der Waals surface area (Å²) in [4.78, 5) is 33.0. The molecule has 210 valence electrons. The van der Waals surface area contributed by atoms with E-state index >= 15 is 0 Å². The maximum atomic E-state index is 14.1. The number of hydrogen-bond acceptors (Lipinski definition) is 8. The SMILES string of the molecule is CCOC(=O)C1=C(c2ccccc2)N=c2s/c(=C\c3cccc(OC)c3OC)c(=O)n2[C@H]1c1ccc(OCC)cc1. The lowest BCUT2D eigenvalue weighted by molar-refractivity contribution is -0.138. The standard InChI is InChI=1S/C32H30N2O6S/c1-5-39-23-17-15-21(16-18-23)28-26(31(36)40-6-2)27(20-11-8-7-9-12-20)33-32-34(28)30(35)25(41-32)19-22-13-10-14-24(37-3)29(22)38-4/h7-19,28H,5-6H2,1-4H3/b25-19-/t28-/m0/s1. The van der Waals surface area contributed by atoms with Crippen molar-refractivity contribution < 1.29 is 23.7 Å². The zero-order valence-electron chi connectivity index (χ0n) is 23.2. The van der Waals surface area contributed by atoms with Crippen LogP contribution in [-0.2, 0) is 9.53 Å². The molecule has 5 rings (SSSR count). The number of aromatic nitrogens is 1. The fourth-order valence-corrected chi connectivity index (χ4v) is 5.83. The summed E-state index contributed by atoms with van der Waals surface area (Å²) >= 11 is 1.25. The highest BCUT2D eigenvalue weighted by molar-refractivity contribution is 7.07. The van der Waals surface area contributed by atoms with E-state index in [1.807, 2.05) is 73.7 Å². The lowest BCUT2D eigenvalue weighted by atomic mass is 9.93. The fourth-order valence-electron chi connectivity index (χ4n) is 4.84. The van der Waals surface area contributed by atoms with Crippen LogP contribution in [0.25, 0.3) is 11.8 Å². The van der Waals surface area contributed by atoms with E-state index in [4.69, 9.17) is 23.9 Å². The number of nitrogens with zero attached hydrogens (tertiary/aromatic N) is 2. The van der Waals surface area contributed by atoms with Gasteiger partial charge >= 0.3 is 5.97 Å². The second kappa shape index (κ2) is 12.3. The Balaban J connectivity index is 1.81. The van der Waals surface area contributed by atoms with Gasteiger partial charge in [-0.25, -0.2) is 9.79 Å². The first-order valence-corrected chi connectivity index (χ1v) is 14.0. The average Bonchev–Trinajstić information content (AvgIpc) is 3.31. The van der Waals surface area contributed by atoms with Crippen molar-refractivity contribution in [2.24, 2.45) is 4.99 Å². The Morgan fingerprint density at radius 3 is 2.37 bits per heavy atom. The highest BCUT2D eigenvalue weighted by Crippen LogP contribution is 2.36. The molecule has 4 aromatic rings. The zero-order chi connectivity index (χ0) is 28.9. The van der Waals surface area contributed by atoms with Crippen LogP contribution < -0.4 is 29.1 Å². The predicted octanol–water partition coefficient (Wildman–Crippen LogP) is 4.35. The van der Waals surface area contributed by atoms with Crippen LogP contribution in [0.1, 0.15) is 36.6 Å². The second-order valence-electron chi connectivity index (χ2n) is 9.02. The Hall–Kier alpha value is -4.63. The first-order chi connectivity index (χ1) is 20.0. The molecule has 8 nitrogen and oxygen atoms in total. The van der Waals surface area contributed by atoms with Crippen LogP contribution in [0.4, 0.5) is 0 Å². The Kier molecular flexibility index (Phi) is 8.35. The number of fused-ring (bicyclic) bond motifs is 1. The molecule has 0 fully saturated rings. The van der Waals surface area contributed by atoms with Gasteiger partial charge in [0.25, 0.3) is 5.56 Å². The number of hydrogen-bond donors (Lipinski definition) is 0. The van der Waals surface area contributed by atoms with Crippen molar-refractivity contribution in [3.05, 3.63) is 115 Å². The van der Waals surface area contributed by atoms with Gasteiger partial charge in [-0.2, -0.15) is 0 Å². The third-order valence-electron chi connectivity index (χ3n) is 6.60. The Morgan fingerprint density at radius 2 is 1.71 bits per heavy atom. The maximum absolute atomic E-state index is 14.1. The van der Waals surface area contributed by atoms with Gasteiger partial charge in [0.2, 0.25) is 0 Å². The van der Waals surface area contributed by atoms with Crippen molar-refractivity contribution in [2.45, 2.75) is 19.9 Å². The molecule has 1 aliphatic rings. The number of methoxy groups -OCH3 is 2. The highest BCUT2D eigenvalue weighted by atomic mass is 32.1. The van der Waals surface area contributed by atoms with Gasteiger partial charge in [-0.15, -0.1) is 0 Å². The summed E-state index contributed by atoms with van der Waals surface area (Å²) in [5, 5.41) is 0. The van der Waals surface area contributed by atoms with E-state index in [1.165, 1.54) is 11.3 Å². The van der Waals surface area contributed by atoms with Crippen molar-refractivity contribution in [1.82, 2.24) is 4.57 Å². The number of benzene rings is 3. The molecule has 0 amide bonds. The molecule has 0 unspecified atom stereocenters. The molecule has 0 aliphatic carbocycles. The van der Waals surface area contributed by atoms with E-state index in [1.54, 1.807) is 37.9 Å². The highest BCUT2D eigenvalue weighted by Gasteiger charge is 2.35. The number of carbonyl (C=O) groups is 1. The molecule has 0 saturated carbocycles. The Morgan fingerprint density at radius 1 is 0.951 bits per heavy atom. The summed E-state index contributed by atoms with van der Waals surface area (Å²) < 4.78 is 24.2. The van der Waals surface area contributed by atoms with E-state index < -0.39 is 12.0 Å². The Bertz CT molecular complexity index is 1770. The lowest BCUT2D eigenvalue weighted by Gasteiger charge is -2.26. The van der Waals surface area contributed by atoms with Gasteiger partial charge in [-0.3, -0.25) is 9.36 Å². The number of para-hydroxylation sites is 1. The van der Waals surface area contributed by atoms with Gasteiger partial charge in [0.15, 0.2) is 16.3 Å². The van der Waals surface area contributed by atoms with Gasteiger partial charge in [0.1, 0.15) is 5.75 Å². The average molecular weight is 571 g/mol. The maximum Gasteiger partial charge on any atom is 0.338 e. The van der Waals surface area contributed by atoms with Gasteiger partial charge < -0.3 is 18.9 Å². The van der Waals surface area contributed by atoms with E-state index in [2.05, 4.69) is 0 Å². The van der Waals surface area contributed by atoms with Crippen molar-refractivity contribution in [3.63, 3.8) is 0 Å². The van der Waals surface area contributed by atoms with Crippen LogP contribution in [0, 0.1) is 0 Å². The second-order valence-corrected chi connectivity index (χ2v) is 10.0. The van der Waals surface area contributed by atoms with E-state index in [0.29, 0.717) is 50.0 Å². The number of rotatable bonds is 9. The minimum atomic E-state index is -0.773. The zero-order valence-corrected chi connectivity index (χ0v) is 24.1. The molecular weight excluding hydrogens is 540 g/mol. The summed E-state index contributed by atoms with van der Waals surface area (Å²) in [6.45, 7) is 4.37. The first-order valence-electron chi connectivity index (χ1n) is 13.2. The van der Waals surface area contributed by atoms with Crippen molar-refractivity contribution >= 4 is 29.1 Å². The van der Waals surface area contributed by atoms with Crippen LogP contribution in [0.15, 0.2) is 88.2 Å². The molecule has 1 aliphatic heterocycles. The number of thiazole rings is 1. The molecule has 1 atom stereocenters. The number of carbonyl (C=O) groups excluding carboxylic acids is 1. The molecule has 1 aromatic heterocycles. The largest absolute Gasteiger partial charge is 0.494 e. The van der Waals surface area contributed by atoms with Crippen LogP contribution in [-0.4, -0.2) is 38.0 Å². The summed E-state index contributed by atoms with van der Waals surface area (Å²) in [5.41, 5.74) is 2.63. The lowest BCUT2D eigenvalue weighted by Crippen LogP contribution is -2.40. The van der Waals surface area contributed by atoms with Crippen LogP contribution >= 0.6 is 11.3 Å². The van der Waals surface area contributed by atoms with E-state index in [-0.39, 0.29) is 12.2 Å². The molecule has 0 bridgehead atoms. The summed E-state index contributed by atoms with van der Waals surface area (Å²) in [5.74, 6) is 1.23. The minimum Gasteiger partial charge on any atom is -0.494 e. The normalized spacial score (nSPS) is 14.7. The minimum absolute atomic E-state index is 0.181. The molecular formula is C32H30N2O6S. The topological polar surface area (TPSA) is 88.4 Å². The summed E-state index contributed by atoms with van der Waals surface area (Å²) in [6.07, 6.45) is 1.76. The summed E-state index contributed by atoms with van der Waals surface area (Å²) in [6, 6.07) is 21.6. The molecule has 0 N–H and O–H groups in total. The monoisotopic (exact) mass is 570 g/mol. The molecule has 9 heteroatoms. The predicted molar refractivity (Wildman–Crippen MR) is 158 cm³/mol. The smallest absolute Gasteiger partial charge is 0.338 e. The summed E-state index contributed by atoms with van der Waals surface area (Å²) in [7, 11) is 3.12. The quantitative estimate of drug-likeness (QED) is 0.278. The van der Waals surface area contributed by atoms with Gasteiger partial charge in [0.05, 0.1) is 49.3 Å². The molecule has 2 heterocycles. The van der Waals surface area contributed by atoms with Crippen molar-refractivity contribution in [3.8, 4) is 17.2 Å². The van der Waals surface area contributed by atoms with Crippen molar-refractivity contribution in [1.29, 1.82) is 0 Å². The molecule has 0 radical (unpaired) electrons. The molecule has 3 aromatic carbocycles. The first kappa shape index (κ1) is 27.9. The van der Waals surface area contributed by atoms with E-state index in [9.17, 15) is 9.59 Å². The van der Waals surface area contributed by atoms with Crippen LogP contribution in [0.5, 0.6) is 17.2 Å². The van der Waals surface area contributed by atoms with Crippen molar-refractivity contribution in [2.75, 3.05) is 27.4 Å². The Labute approximate surface area is 241 Å². The molecule has 0 saturated heterocycles. The fraction of sp³-hybridized carbons (Fsp3) is 0.219. The third kappa shape index (κ3) is 5.40. The van der Waals surface area contributed by atoms with Gasteiger partial charge in [-0.05, 0) is 43.7 Å². The van der Waals surface area contributed by atoms with Crippen LogP contribution in [0.2, 0.25) is 0 Å². The third-order valence-corrected chi connectivity index (χ3v) is 7.58. The van der Waals surface area contributed by atoms with E-state index in [0.717, 1.165) is 11.1 Å². The van der Waals surface area contributed by atoms with Gasteiger partial charge in [-0.1, -0.05) is 65.9 Å².